The second-order valence-corrected chi connectivity index (χ2v) is 4.48. The van der Waals surface area contributed by atoms with Crippen LogP contribution in [0.2, 0.25) is 0 Å². The smallest absolute Gasteiger partial charge is 0.353 e. The number of amides is 1. The molecule has 1 aliphatic rings. The molecule has 1 amide bonds. The van der Waals surface area contributed by atoms with E-state index in [1.807, 2.05) is 0 Å². The number of nitrogens with zero attached hydrogens (tertiary/aromatic N) is 2. The molecule has 0 aliphatic carbocycles. The SMILES string of the molecule is CC1(C)C(=O)NCCN1CC(C#N)C(F)(F)F. The minimum Gasteiger partial charge on any atom is -0.353 e. The van der Waals surface area contributed by atoms with Crippen molar-refractivity contribution in [3.05, 3.63) is 0 Å². The van der Waals surface area contributed by atoms with Crippen LogP contribution in [0.4, 0.5) is 13.2 Å². The average molecular weight is 249 g/mol. The van der Waals surface area contributed by atoms with Gasteiger partial charge in [-0.3, -0.25) is 9.69 Å². The molecule has 0 radical (unpaired) electrons. The summed E-state index contributed by atoms with van der Waals surface area (Å²) in [6.07, 6.45) is -4.56. The molecule has 4 nitrogen and oxygen atoms in total. The summed E-state index contributed by atoms with van der Waals surface area (Å²) in [7, 11) is 0. The number of carbonyl (C=O) groups excluding carboxylic acids is 1. The van der Waals surface area contributed by atoms with Gasteiger partial charge in [-0.1, -0.05) is 0 Å². The summed E-state index contributed by atoms with van der Waals surface area (Å²) in [5.74, 6) is -2.38. The van der Waals surface area contributed by atoms with Crippen molar-refractivity contribution in [3.63, 3.8) is 0 Å². The fraction of sp³-hybridized carbons (Fsp3) is 0.800. The monoisotopic (exact) mass is 249 g/mol. The molecule has 1 N–H and O–H groups in total. The van der Waals surface area contributed by atoms with Crippen LogP contribution in [0.25, 0.3) is 0 Å². The number of hydrogen-bond donors (Lipinski definition) is 1. The Hall–Kier alpha value is -1.29. The van der Waals surface area contributed by atoms with Crippen molar-refractivity contribution in [2.24, 2.45) is 5.92 Å². The second kappa shape index (κ2) is 4.53. The zero-order valence-electron chi connectivity index (χ0n) is 9.64. The van der Waals surface area contributed by atoms with Gasteiger partial charge in [-0.15, -0.1) is 0 Å². The molecular weight excluding hydrogens is 235 g/mol. The molecule has 0 bridgehead atoms. The molecule has 0 aromatic heterocycles. The molecule has 1 unspecified atom stereocenters. The van der Waals surface area contributed by atoms with Crippen molar-refractivity contribution < 1.29 is 18.0 Å². The van der Waals surface area contributed by atoms with Gasteiger partial charge in [0.05, 0.1) is 11.6 Å². The molecule has 1 aliphatic heterocycles. The van der Waals surface area contributed by atoms with Crippen molar-refractivity contribution >= 4 is 5.91 Å². The summed E-state index contributed by atoms with van der Waals surface area (Å²) in [4.78, 5) is 12.9. The Morgan fingerprint density at radius 1 is 1.59 bits per heavy atom. The number of nitrogens with one attached hydrogen (secondary N) is 1. The van der Waals surface area contributed by atoms with E-state index in [2.05, 4.69) is 5.32 Å². The first-order valence-electron chi connectivity index (χ1n) is 5.19. The van der Waals surface area contributed by atoms with Crippen LogP contribution in [-0.2, 0) is 4.79 Å². The zero-order valence-corrected chi connectivity index (χ0v) is 9.64. The van der Waals surface area contributed by atoms with E-state index in [4.69, 9.17) is 5.26 Å². The molecule has 0 aromatic carbocycles. The third-order valence-electron chi connectivity index (χ3n) is 2.97. The number of nitriles is 1. The van der Waals surface area contributed by atoms with Crippen molar-refractivity contribution in [2.45, 2.75) is 25.6 Å². The van der Waals surface area contributed by atoms with E-state index in [1.54, 1.807) is 13.8 Å². The van der Waals surface area contributed by atoms with Crippen LogP contribution < -0.4 is 5.32 Å². The highest BCUT2D eigenvalue weighted by Crippen LogP contribution is 2.29. The molecule has 1 atom stereocenters. The normalized spacial score (nSPS) is 22.7. The average Bonchev–Trinajstić information content (AvgIpc) is 2.18. The van der Waals surface area contributed by atoms with Gasteiger partial charge in [-0.25, -0.2) is 0 Å². The summed E-state index contributed by atoms with van der Waals surface area (Å²) in [5, 5.41) is 11.1. The Bertz CT molecular complexity index is 346. The third-order valence-corrected chi connectivity index (χ3v) is 2.97. The molecule has 1 saturated heterocycles. The number of carbonyl (C=O) groups is 1. The Labute approximate surface area is 97.4 Å². The Kier molecular flexibility index (Phi) is 3.67. The first kappa shape index (κ1) is 13.8. The molecule has 0 saturated carbocycles. The maximum Gasteiger partial charge on any atom is 0.405 e. The highest BCUT2D eigenvalue weighted by Gasteiger charge is 2.45. The minimum atomic E-state index is -4.56. The maximum atomic E-state index is 12.5. The van der Waals surface area contributed by atoms with Gasteiger partial charge in [0.15, 0.2) is 5.92 Å². The van der Waals surface area contributed by atoms with Gasteiger partial charge in [0.2, 0.25) is 5.91 Å². The lowest BCUT2D eigenvalue weighted by Crippen LogP contribution is -2.63. The summed E-state index contributed by atoms with van der Waals surface area (Å²) in [6.45, 7) is 3.24. The minimum absolute atomic E-state index is 0.304. The fourth-order valence-corrected chi connectivity index (χ4v) is 1.70. The highest BCUT2D eigenvalue weighted by molar-refractivity contribution is 5.86. The van der Waals surface area contributed by atoms with Crippen molar-refractivity contribution in [3.8, 4) is 6.07 Å². The van der Waals surface area contributed by atoms with Crippen LogP contribution in [0.15, 0.2) is 0 Å². The van der Waals surface area contributed by atoms with Crippen molar-refractivity contribution in [1.82, 2.24) is 10.2 Å². The van der Waals surface area contributed by atoms with Crippen molar-refractivity contribution in [1.29, 1.82) is 5.26 Å². The van der Waals surface area contributed by atoms with E-state index in [0.29, 0.717) is 13.1 Å². The molecule has 0 spiro atoms. The van der Waals surface area contributed by atoms with Crippen LogP contribution in [0.1, 0.15) is 13.8 Å². The highest BCUT2D eigenvalue weighted by atomic mass is 19.4. The van der Waals surface area contributed by atoms with E-state index in [0.717, 1.165) is 0 Å². The second-order valence-electron chi connectivity index (χ2n) is 4.48. The van der Waals surface area contributed by atoms with Gasteiger partial charge in [0, 0.05) is 19.6 Å². The Balaban J connectivity index is 2.80. The van der Waals surface area contributed by atoms with Gasteiger partial charge < -0.3 is 5.32 Å². The molecule has 1 heterocycles. The molecule has 17 heavy (non-hydrogen) atoms. The third kappa shape index (κ3) is 2.88. The van der Waals surface area contributed by atoms with Crippen LogP contribution in [-0.4, -0.2) is 42.2 Å². The fourth-order valence-electron chi connectivity index (χ4n) is 1.70. The van der Waals surface area contributed by atoms with E-state index in [9.17, 15) is 18.0 Å². The predicted octanol–water partition coefficient (Wildman–Crippen LogP) is 0.899. The van der Waals surface area contributed by atoms with E-state index in [1.165, 1.54) is 11.0 Å². The first-order valence-corrected chi connectivity index (χ1v) is 5.19. The standard InChI is InChI=1S/C10H14F3N3O/c1-9(2)8(17)15-3-4-16(9)6-7(5-14)10(11,12)13/h7H,3-4,6H2,1-2H3,(H,15,17). The van der Waals surface area contributed by atoms with Crippen LogP contribution in [0.5, 0.6) is 0 Å². The number of piperazine rings is 1. The first-order chi connectivity index (χ1) is 7.69. The number of hydrogen-bond acceptors (Lipinski definition) is 3. The number of halogens is 3. The van der Waals surface area contributed by atoms with Crippen molar-refractivity contribution in [2.75, 3.05) is 19.6 Å². The van der Waals surface area contributed by atoms with Gasteiger partial charge in [-0.05, 0) is 13.8 Å². The predicted molar refractivity (Wildman–Crippen MR) is 53.8 cm³/mol. The van der Waals surface area contributed by atoms with E-state index < -0.39 is 24.2 Å². The summed E-state index contributed by atoms with van der Waals surface area (Å²) in [6, 6.07) is 1.24. The maximum absolute atomic E-state index is 12.5. The number of rotatable bonds is 2. The van der Waals surface area contributed by atoms with Gasteiger partial charge in [0.25, 0.3) is 0 Å². The molecule has 96 valence electrons. The Morgan fingerprint density at radius 2 is 2.18 bits per heavy atom. The Morgan fingerprint density at radius 3 is 2.65 bits per heavy atom. The van der Waals surface area contributed by atoms with Gasteiger partial charge in [0.1, 0.15) is 0 Å². The molecular formula is C10H14F3N3O. The van der Waals surface area contributed by atoms with Crippen LogP contribution in [0, 0.1) is 17.2 Å². The van der Waals surface area contributed by atoms with Crippen LogP contribution in [0.3, 0.4) is 0 Å². The largest absolute Gasteiger partial charge is 0.405 e. The quantitative estimate of drug-likeness (QED) is 0.791. The van der Waals surface area contributed by atoms with Crippen LogP contribution >= 0.6 is 0 Å². The molecule has 1 rings (SSSR count). The number of alkyl halides is 3. The summed E-state index contributed by atoms with van der Waals surface area (Å²) >= 11 is 0. The molecule has 7 heteroatoms. The lowest BCUT2D eigenvalue weighted by atomic mass is 9.97. The zero-order chi connectivity index (χ0) is 13.3. The van der Waals surface area contributed by atoms with Gasteiger partial charge >= 0.3 is 6.18 Å². The lowest BCUT2D eigenvalue weighted by Gasteiger charge is -2.42. The van der Waals surface area contributed by atoms with Gasteiger partial charge in [-0.2, -0.15) is 18.4 Å². The summed E-state index contributed by atoms with van der Waals surface area (Å²) < 4.78 is 37.4. The lowest BCUT2D eigenvalue weighted by molar-refractivity contribution is -0.169. The van der Waals surface area contributed by atoms with E-state index in [-0.39, 0.29) is 5.91 Å². The summed E-state index contributed by atoms with van der Waals surface area (Å²) in [5.41, 5.74) is -1.02. The molecule has 1 fully saturated rings. The van der Waals surface area contributed by atoms with E-state index >= 15 is 0 Å². The topological polar surface area (TPSA) is 56.1 Å². The molecule has 0 aromatic rings.